The molecule has 1 N–H and O–H groups in total. The molecule has 130 valence electrons. The van der Waals surface area contributed by atoms with Gasteiger partial charge in [0.25, 0.3) is 5.91 Å². The largest absolute Gasteiger partial charge is 0.378 e. The van der Waals surface area contributed by atoms with Gasteiger partial charge in [-0.1, -0.05) is 0 Å². The van der Waals surface area contributed by atoms with E-state index in [0.717, 1.165) is 0 Å². The highest BCUT2D eigenvalue weighted by Gasteiger charge is 2.28. The Morgan fingerprint density at radius 3 is 2.67 bits per heavy atom. The van der Waals surface area contributed by atoms with Gasteiger partial charge in [0.2, 0.25) is 0 Å². The molecule has 3 rings (SSSR count). The highest BCUT2D eigenvalue weighted by atomic mass is 19.1. The molecule has 0 spiro atoms. The van der Waals surface area contributed by atoms with Crippen LogP contribution in [-0.2, 0) is 14.3 Å². The molecule has 3 amide bonds. The number of hydrogen-bond acceptors (Lipinski definition) is 4. The van der Waals surface area contributed by atoms with Crippen molar-refractivity contribution in [1.29, 1.82) is 0 Å². The summed E-state index contributed by atoms with van der Waals surface area (Å²) in [6.45, 7) is 2.78. The molecule has 0 aliphatic carbocycles. The van der Waals surface area contributed by atoms with Crippen LogP contribution in [0.3, 0.4) is 0 Å². The number of nitrogens with zero attached hydrogens (tertiary/aromatic N) is 2. The Kier molecular flexibility index (Phi) is 5.27. The predicted molar refractivity (Wildman–Crippen MR) is 84.3 cm³/mol. The first kappa shape index (κ1) is 16.7. The lowest BCUT2D eigenvalue weighted by Crippen LogP contribution is -2.53. The molecule has 1 aromatic rings. The van der Waals surface area contributed by atoms with Crippen molar-refractivity contribution in [1.82, 2.24) is 10.2 Å². The number of carbonyl (C=O) groups is 2. The lowest BCUT2D eigenvalue weighted by molar-refractivity contribution is -0.129. The van der Waals surface area contributed by atoms with Crippen LogP contribution in [0.4, 0.5) is 14.9 Å². The van der Waals surface area contributed by atoms with Gasteiger partial charge in [-0.3, -0.25) is 4.79 Å². The van der Waals surface area contributed by atoms with Crippen LogP contribution in [0.2, 0.25) is 0 Å². The number of nitrogens with one attached hydrogen (secondary N) is 1. The lowest BCUT2D eigenvalue weighted by Gasteiger charge is -2.33. The lowest BCUT2D eigenvalue weighted by atomic mass is 10.2. The number of morpholine rings is 2. The fourth-order valence-corrected chi connectivity index (χ4v) is 2.70. The molecule has 0 radical (unpaired) electrons. The highest BCUT2D eigenvalue weighted by Crippen LogP contribution is 2.19. The van der Waals surface area contributed by atoms with E-state index in [1.54, 1.807) is 21.9 Å². The molecule has 0 aromatic heterocycles. The van der Waals surface area contributed by atoms with E-state index < -0.39 is 0 Å². The number of urea groups is 1. The zero-order valence-electron chi connectivity index (χ0n) is 13.2. The van der Waals surface area contributed by atoms with Crippen molar-refractivity contribution in [3.05, 3.63) is 30.1 Å². The third-order valence-electron chi connectivity index (χ3n) is 4.05. The Bertz CT molecular complexity index is 589. The van der Waals surface area contributed by atoms with Crippen molar-refractivity contribution in [2.45, 2.75) is 6.10 Å². The minimum Gasteiger partial charge on any atom is -0.378 e. The van der Waals surface area contributed by atoms with E-state index in [2.05, 4.69) is 5.32 Å². The quantitative estimate of drug-likeness (QED) is 0.877. The van der Waals surface area contributed by atoms with Crippen LogP contribution in [-0.4, -0.2) is 68.9 Å². The minimum absolute atomic E-state index is 0.0601. The van der Waals surface area contributed by atoms with Gasteiger partial charge in [-0.05, 0) is 24.3 Å². The summed E-state index contributed by atoms with van der Waals surface area (Å²) in [5, 5.41) is 2.83. The van der Waals surface area contributed by atoms with Gasteiger partial charge in [0, 0.05) is 25.3 Å². The highest BCUT2D eigenvalue weighted by molar-refractivity contribution is 5.95. The van der Waals surface area contributed by atoms with E-state index in [-0.39, 0.29) is 30.5 Å². The normalized spacial score (nSPS) is 21.7. The van der Waals surface area contributed by atoms with E-state index in [0.29, 0.717) is 45.1 Å². The number of carbonyl (C=O) groups excluding carboxylic acids is 2. The van der Waals surface area contributed by atoms with Crippen LogP contribution in [0.1, 0.15) is 0 Å². The molecule has 0 bridgehead atoms. The molecule has 2 heterocycles. The monoisotopic (exact) mass is 337 g/mol. The maximum atomic E-state index is 13.0. The Labute approximate surface area is 139 Å². The van der Waals surface area contributed by atoms with Gasteiger partial charge in [-0.25, -0.2) is 9.18 Å². The molecule has 24 heavy (non-hydrogen) atoms. The van der Waals surface area contributed by atoms with Crippen molar-refractivity contribution in [3.8, 4) is 0 Å². The van der Waals surface area contributed by atoms with Crippen molar-refractivity contribution in [2.75, 3.05) is 50.9 Å². The SMILES string of the molecule is O=C(NCC1CN(c2ccc(F)cc2)C(=O)CO1)N1CCOCC1. The first-order valence-electron chi connectivity index (χ1n) is 7.91. The zero-order valence-corrected chi connectivity index (χ0v) is 13.2. The third kappa shape index (κ3) is 4.01. The molecule has 0 saturated carbocycles. The molecule has 1 aromatic carbocycles. The van der Waals surface area contributed by atoms with Crippen LogP contribution >= 0.6 is 0 Å². The molecule has 1 unspecified atom stereocenters. The van der Waals surface area contributed by atoms with Crippen LogP contribution in [0.5, 0.6) is 0 Å². The molecule has 2 aliphatic rings. The van der Waals surface area contributed by atoms with Crippen LogP contribution in [0, 0.1) is 5.82 Å². The summed E-state index contributed by atoms with van der Waals surface area (Å²) in [7, 11) is 0. The van der Waals surface area contributed by atoms with E-state index in [1.807, 2.05) is 0 Å². The summed E-state index contributed by atoms with van der Waals surface area (Å²) in [4.78, 5) is 27.3. The second-order valence-electron chi connectivity index (χ2n) is 5.70. The molecular formula is C16H20FN3O4. The van der Waals surface area contributed by atoms with Crippen molar-refractivity contribution in [3.63, 3.8) is 0 Å². The summed E-state index contributed by atoms with van der Waals surface area (Å²) in [6.07, 6.45) is -0.308. The molecule has 2 fully saturated rings. The van der Waals surface area contributed by atoms with E-state index in [9.17, 15) is 14.0 Å². The van der Waals surface area contributed by atoms with Crippen LogP contribution in [0.25, 0.3) is 0 Å². The maximum absolute atomic E-state index is 13.0. The number of rotatable bonds is 3. The van der Waals surface area contributed by atoms with Gasteiger partial charge in [0.1, 0.15) is 12.4 Å². The topological polar surface area (TPSA) is 71.1 Å². The predicted octanol–water partition coefficient (Wildman–Crippen LogP) is 0.599. The van der Waals surface area contributed by atoms with Gasteiger partial charge in [0.05, 0.1) is 25.9 Å². The second kappa shape index (κ2) is 7.59. The third-order valence-corrected chi connectivity index (χ3v) is 4.05. The van der Waals surface area contributed by atoms with E-state index >= 15 is 0 Å². The Morgan fingerprint density at radius 2 is 1.96 bits per heavy atom. The van der Waals surface area contributed by atoms with Crippen molar-refractivity contribution in [2.24, 2.45) is 0 Å². The van der Waals surface area contributed by atoms with Gasteiger partial charge in [0.15, 0.2) is 0 Å². The van der Waals surface area contributed by atoms with E-state index in [1.165, 1.54) is 12.1 Å². The van der Waals surface area contributed by atoms with Crippen LogP contribution in [0.15, 0.2) is 24.3 Å². The van der Waals surface area contributed by atoms with Gasteiger partial charge < -0.3 is 24.6 Å². The summed E-state index contributed by atoms with van der Waals surface area (Å²) >= 11 is 0. The Balaban J connectivity index is 1.54. The molecule has 2 aliphatic heterocycles. The second-order valence-corrected chi connectivity index (χ2v) is 5.70. The molecule has 8 heteroatoms. The van der Waals surface area contributed by atoms with Gasteiger partial charge in [-0.2, -0.15) is 0 Å². The smallest absolute Gasteiger partial charge is 0.317 e. The fraction of sp³-hybridized carbons (Fsp3) is 0.500. The zero-order chi connectivity index (χ0) is 16.9. The first-order chi connectivity index (χ1) is 11.6. The van der Waals surface area contributed by atoms with Gasteiger partial charge >= 0.3 is 6.03 Å². The number of benzene rings is 1. The summed E-state index contributed by atoms with van der Waals surface area (Å²) < 4.78 is 23.7. The van der Waals surface area contributed by atoms with Crippen molar-refractivity contribution >= 4 is 17.6 Å². The summed E-state index contributed by atoms with van der Waals surface area (Å²) in [6, 6.07) is 5.58. The average molecular weight is 337 g/mol. The molecular weight excluding hydrogens is 317 g/mol. The Morgan fingerprint density at radius 1 is 1.25 bits per heavy atom. The summed E-state index contributed by atoms with van der Waals surface area (Å²) in [5.74, 6) is -0.536. The average Bonchev–Trinajstić information content (AvgIpc) is 2.62. The van der Waals surface area contributed by atoms with E-state index in [4.69, 9.17) is 9.47 Å². The van der Waals surface area contributed by atoms with Gasteiger partial charge in [-0.15, -0.1) is 0 Å². The van der Waals surface area contributed by atoms with Crippen LogP contribution < -0.4 is 10.2 Å². The molecule has 7 nitrogen and oxygen atoms in total. The molecule has 1 atom stereocenters. The number of anilines is 1. The first-order valence-corrected chi connectivity index (χ1v) is 7.91. The standard InChI is InChI=1S/C16H20FN3O4/c17-12-1-3-13(4-2-12)20-10-14(24-11-15(20)21)9-18-16(22)19-5-7-23-8-6-19/h1-4,14H,5-11H2,(H,18,22). The van der Waals surface area contributed by atoms with Crippen molar-refractivity contribution < 1.29 is 23.5 Å². The number of amides is 3. The number of ether oxygens (including phenoxy) is 2. The molecule has 2 saturated heterocycles. The number of hydrogen-bond donors (Lipinski definition) is 1. The summed E-state index contributed by atoms with van der Waals surface area (Å²) in [5.41, 5.74) is 0.620. The fourth-order valence-electron chi connectivity index (χ4n) is 2.70. The Hall–Kier alpha value is -2.19. The maximum Gasteiger partial charge on any atom is 0.317 e. The minimum atomic E-state index is -0.353. The number of halogens is 1.